The third-order valence-corrected chi connectivity index (χ3v) is 4.60. The lowest BCUT2D eigenvalue weighted by atomic mass is 9.68. The zero-order chi connectivity index (χ0) is 13.7. The summed E-state index contributed by atoms with van der Waals surface area (Å²) < 4.78 is 5.60. The highest BCUT2D eigenvalue weighted by molar-refractivity contribution is 5.94. The number of carboxylic acids is 1. The smallest absolute Gasteiger partial charge is 0.339 e. The van der Waals surface area contributed by atoms with Crippen molar-refractivity contribution < 1.29 is 19.4 Å². The van der Waals surface area contributed by atoms with Crippen LogP contribution in [0.3, 0.4) is 0 Å². The van der Waals surface area contributed by atoms with Gasteiger partial charge < -0.3 is 9.84 Å². The lowest BCUT2D eigenvalue weighted by Crippen LogP contribution is -2.40. The number of benzene rings is 1. The van der Waals surface area contributed by atoms with E-state index in [0.717, 1.165) is 5.56 Å². The molecule has 1 N–H and O–H groups in total. The second-order valence-electron chi connectivity index (χ2n) is 5.80. The van der Waals surface area contributed by atoms with Gasteiger partial charge in [-0.1, -0.05) is 18.2 Å². The van der Waals surface area contributed by atoms with Gasteiger partial charge in [-0.3, -0.25) is 4.79 Å². The number of hydrogen-bond donors (Lipinski definition) is 1. The molecule has 1 aromatic carbocycles. The first-order valence-electron chi connectivity index (χ1n) is 6.53. The van der Waals surface area contributed by atoms with E-state index in [1.807, 2.05) is 18.2 Å². The van der Waals surface area contributed by atoms with Crippen molar-refractivity contribution in [1.29, 1.82) is 0 Å². The Kier molecular flexibility index (Phi) is 2.46. The predicted octanol–water partition coefficient (Wildman–Crippen LogP) is 2.72. The molecule has 100 valence electrons. The quantitative estimate of drug-likeness (QED) is 0.788. The van der Waals surface area contributed by atoms with Crippen LogP contribution in [0, 0.1) is 5.41 Å². The number of hydrogen-bond acceptors (Lipinski definition) is 3. The van der Waals surface area contributed by atoms with Crippen LogP contribution >= 0.6 is 0 Å². The van der Waals surface area contributed by atoms with Gasteiger partial charge >= 0.3 is 11.9 Å². The molecule has 0 aromatic heterocycles. The van der Waals surface area contributed by atoms with Crippen molar-refractivity contribution in [2.75, 3.05) is 0 Å². The van der Waals surface area contributed by atoms with E-state index in [1.54, 1.807) is 13.0 Å². The summed E-state index contributed by atoms with van der Waals surface area (Å²) in [5.41, 5.74) is 0.256. The molecule has 1 aliphatic carbocycles. The van der Waals surface area contributed by atoms with E-state index in [-0.39, 0.29) is 5.97 Å². The Balaban J connectivity index is 1.93. The first kappa shape index (κ1) is 12.2. The fourth-order valence-corrected chi connectivity index (χ4v) is 3.14. The van der Waals surface area contributed by atoms with E-state index in [2.05, 4.69) is 0 Å². The van der Waals surface area contributed by atoms with Gasteiger partial charge in [-0.2, -0.15) is 0 Å². The highest BCUT2D eigenvalue weighted by atomic mass is 16.6. The Hall–Kier alpha value is -1.84. The highest BCUT2D eigenvalue weighted by Gasteiger charge is 2.51. The number of ether oxygens (including phenoxy) is 1. The monoisotopic (exact) mass is 260 g/mol. The molecule has 1 heterocycles. The van der Waals surface area contributed by atoms with Gasteiger partial charge in [0.1, 0.15) is 5.60 Å². The highest BCUT2D eigenvalue weighted by Crippen LogP contribution is 2.51. The van der Waals surface area contributed by atoms with Gasteiger partial charge in [0, 0.05) is 5.56 Å². The molecular formula is C15H16O4. The standard InChI is InChI=1S/C15H16O4/c1-14(13(17)18)6-8-15(9-7-14)11-5-3-2-4-10(11)12(16)19-15/h2-5H,6-9H2,1H3,(H,17,18). The fourth-order valence-electron chi connectivity index (χ4n) is 3.14. The molecule has 0 bridgehead atoms. The molecule has 1 spiro atoms. The molecule has 19 heavy (non-hydrogen) atoms. The first-order valence-corrected chi connectivity index (χ1v) is 6.53. The number of fused-ring (bicyclic) bond motifs is 2. The van der Waals surface area contributed by atoms with Crippen LogP contribution in [-0.4, -0.2) is 17.0 Å². The van der Waals surface area contributed by atoms with Crippen molar-refractivity contribution in [2.45, 2.75) is 38.2 Å². The number of carboxylic acid groups (broad SMARTS) is 1. The van der Waals surface area contributed by atoms with Crippen LogP contribution in [-0.2, 0) is 15.1 Å². The zero-order valence-corrected chi connectivity index (χ0v) is 10.8. The summed E-state index contributed by atoms with van der Waals surface area (Å²) in [6.07, 6.45) is 2.23. The Morgan fingerprint density at radius 1 is 1.21 bits per heavy atom. The van der Waals surface area contributed by atoms with Gasteiger partial charge in [0.15, 0.2) is 0 Å². The molecule has 0 unspecified atom stereocenters. The SMILES string of the molecule is CC1(C(=O)O)CCC2(CC1)OC(=O)c1ccccc12. The minimum absolute atomic E-state index is 0.283. The zero-order valence-electron chi connectivity index (χ0n) is 10.8. The van der Waals surface area contributed by atoms with E-state index in [4.69, 9.17) is 4.74 Å². The van der Waals surface area contributed by atoms with Crippen molar-refractivity contribution in [3.05, 3.63) is 35.4 Å². The van der Waals surface area contributed by atoms with E-state index in [1.165, 1.54) is 0 Å². The normalized spacial score (nSPS) is 33.0. The molecule has 3 rings (SSSR count). The fraction of sp³-hybridized carbons (Fsp3) is 0.467. The average Bonchev–Trinajstić information content (AvgIpc) is 2.68. The molecule has 0 atom stereocenters. The maximum absolute atomic E-state index is 11.9. The molecule has 1 saturated carbocycles. The Morgan fingerprint density at radius 3 is 2.47 bits per heavy atom. The van der Waals surface area contributed by atoms with Gasteiger partial charge in [0.05, 0.1) is 11.0 Å². The first-order chi connectivity index (χ1) is 8.97. The number of esters is 1. The predicted molar refractivity (Wildman–Crippen MR) is 67.7 cm³/mol. The van der Waals surface area contributed by atoms with Gasteiger partial charge in [0.25, 0.3) is 0 Å². The molecular weight excluding hydrogens is 244 g/mol. The minimum atomic E-state index is -0.764. The lowest BCUT2D eigenvalue weighted by Gasteiger charge is -2.40. The molecule has 1 fully saturated rings. The largest absolute Gasteiger partial charge is 0.481 e. The third kappa shape index (κ3) is 1.66. The summed E-state index contributed by atoms with van der Waals surface area (Å²) >= 11 is 0. The maximum atomic E-state index is 11.9. The summed E-state index contributed by atoms with van der Waals surface area (Å²) in [6.45, 7) is 1.77. The van der Waals surface area contributed by atoms with Gasteiger partial charge in [0.2, 0.25) is 0 Å². The summed E-state index contributed by atoms with van der Waals surface area (Å²) in [5.74, 6) is -1.05. The molecule has 0 radical (unpaired) electrons. The molecule has 4 nitrogen and oxygen atoms in total. The summed E-state index contributed by atoms with van der Waals surface area (Å²) in [6, 6.07) is 7.41. The second kappa shape index (κ2) is 3.83. The number of aliphatic carboxylic acids is 1. The number of carbonyl (C=O) groups is 2. The van der Waals surface area contributed by atoms with Crippen LogP contribution in [0.4, 0.5) is 0 Å². The van der Waals surface area contributed by atoms with Crippen molar-refractivity contribution >= 4 is 11.9 Å². The molecule has 2 aliphatic rings. The van der Waals surface area contributed by atoms with Crippen LogP contribution in [0.25, 0.3) is 0 Å². The Bertz CT molecular complexity index is 553. The van der Waals surface area contributed by atoms with E-state index in [0.29, 0.717) is 31.2 Å². The van der Waals surface area contributed by atoms with Crippen LogP contribution in [0.2, 0.25) is 0 Å². The van der Waals surface area contributed by atoms with E-state index in [9.17, 15) is 14.7 Å². The summed E-state index contributed by atoms with van der Waals surface area (Å²) in [5, 5.41) is 9.27. The van der Waals surface area contributed by atoms with Crippen molar-refractivity contribution in [3.63, 3.8) is 0 Å². The van der Waals surface area contributed by atoms with E-state index < -0.39 is 17.0 Å². The number of rotatable bonds is 1. The number of carbonyl (C=O) groups excluding carboxylic acids is 1. The third-order valence-electron chi connectivity index (χ3n) is 4.60. The van der Waals surface area contributed by atoms with Crippen LogP contribution in [0.15, 0.2) is 24.3 Å². The summed E-state index contributed by atoms with van der Waals surface area (Å²) in [7, 11) is 0. The summed E-state index contributed by atoms with van der Waals surface area (Å²) in [4.78, 5) is 23.2. The van der Waals surface area contributed by atoms with Crippen LogP contribution in [0.1, 0.15) is 48.5 Å². The molecule has 0 amide bonds. The lowest BCUT2D eigenvalue weighted by molar-refractivity contribution is -0.153. The van der Waals surface area contributed by atoms with Crippen molar-refractivity contribution in [3.8, 4) is 0 Å². The Morgan fingerprint density at radius 2 is 1.84 bits per heavy atom. The molecule has 0 saturated heterocycles. The van der Waals surface area contributed by atoms with Crippen LogP contribution in [0.5, 0.6) is 0 Å². The van der Waals surface area contributed by atoms with Gasteiger partial charge in [-0.15, -0.1) is 0 Å². The van der Waals surface area contributed by atoms with Crippen molar-refractivity contribution in [2.24, 2.45) is 5.41 Å². The molecule has 1 aromatic rings. The maximum Gasteiger partial charge on any atom is 0.339 e. The average molecular weight is 260 g/mol. The van der Waals surface area contributed by atoms with Crippen LogP contribution < -0.4 is 0 Å². The molecule has 4 heteroatoms. The van der Waals surface area contributed by atoms with Gasteiger partial charge in [-0.25, -0.2) is 4.79 Å². The topological polar surface area (TPSA) is 63.6 Å². The van der Waals surface area contributed by atoms with Gasteiger partial charge in [-0.05, 0) is 38.7 Å². The van der Waals surface area contributed by atoms with Crippen molar-refractivity contribution in [1.82, 2.24) is 0 Å². The van der Waals surface area contributed by atoms with E-state index >= 15 is 0 Å². The molecule has 1 aliphatic heterocycles. The second-order valence-corrected chi connectivity index (χ2v) is 5.80. The Labute approximate surface area is 111 Å². The minimum Gasteiger partial charge on any atom is -0.481 e.